The van der Waals surface area contributed by atoms with Gasteiger partial charge in [0.25, 0.3) is 6.01 Å². The van der Waals surface area contributed by atoms with Gasteiger partial charge in [0, 0.05) is 55.9 Å². The van der Waals surface area contributed by atoms with Crippen LogP contribution >= 0.6 is 11.6 Å². The first-order valence-corrected chi connectivity index (χ1v) is 11.5. The normalized spacial score (nSPS) is 14.0. The number of carbonyl (C=O) groups is 1. The summed E-state index contributed by atoms with van der Waals surface area (Å²) in [6.07, 6.45) is 1.78. The molecule has 6 nitrogen and oxygen atoms in total. The van der Waals surface area contributed by atoms with Crippen LogP contribution in [-0.4, -0.2) is 55.6 Å². The molecule has 1 saturated heterocycles. The van der Waals surface area contributed by atoms with Crippen LogP contribution in [0.25, 0.3) is 11.3 Å². The van der Waals surface area contributed by atoms with Crippen LogP contribution in [0.5, 0.6) is 0 Å². The van der Waals surface area contributed by atoms with Gasteiger partial charge in [-0.05, 0) is 30.7 Å². The largest absolute Gasteiger partial charge is 0.428 e. The molecule has 1 fully saturated rings. The van der Waals surface area contributed by atoms with Crippen LogP contribution in [0.1, 0.15) is 19.1 Å². The van der Waals surface area contributed by atoms with Gasteiger partial charge in [0.2, 0.25) is 5.91 Å². The molecule has 0 unspecified atom stereocenters. The number of anilines is 2. The predicted octanol–water partition coefficient (Wildman–Crippen LogP) is 4.73. The first kappa shape index (κ1) is 22.2. The number of hydrogen-bond donors (Lipinski definition) is 0. The summed E-state index contributed by atoms with van der Waals surface area (Å²) in [6, 6.07) is 18.4. The standard InChI is InChI=1S/C25H29ClN4O2/c1-3-7-22-24(19-8-5-4-6-9-19)27-25(32-22)28(2)18-23(31)30-16-14-29(15-17-30)21-12-10-20(26)11-13-21/h4-6,8-13H,3,7,14-18H2,1-2H3. The number of benzene rings is 2. The lowest BCUT2D eigenvalue weighted by atomic mass is 10.1. The maximum Gasteiger partial charge on any atom is 0.298 e. The van der Waals surface area contributed by atoms with Crippen LogP contribution in [0.2, 0.25) is 5.02 Å². The van der Waals surface area contributed by atoms with Crippen molar-refractivity contribution < 1.29 is 9.21 Å². The van der Waals surface area contributed by atoms with Crippen molar-refractivity contribution >= 4 is 29.2 Å². The van der Waals surface area contributed by atoms with E-state index in [2.05, 4.69) is 11.8 Å². The van der Waals surface area contributed by atoms with Crippen LogP contribution < -0.4 is 9.80 Å². The van der Waals surface area contributed by atoms with Gasteiger partial charge in [-0.25, -0.2) is 0 Å². The number of oxazole rings is 1. The van der Waals surface area contributed by atoms with Gasteiger partial charge in [0.1, 0.15) is 18.0 Å². The average molecular weight is 453 g/mol. The number of halogens is 1. The summed E-state index contributed by atoms with van der Waals surface area (Å²) in [4.78, 5) is 23.7. The summed E-state index contributed by atoms with van der Waals surface area (Å²) in [5.41, 5.74) is 3.03. The second-order valence-corrected chi connectivity index (χ2v) is 8.52. The fourth-order valence-electron chi connectivity index (χ4n) is 3.96. The molecular formula is C25H29ClN4O2. The first-order valence-electron chi connectivity index (χ1n) is 11.1. The van der Waals surface area contributed by atoms with E-state index in [9.17, 15) is 4.79 Å². The molecule has 1 aliphatic rings. The predicted molar refractivity (Wildman–Crippen MR) is 129 cm³/mol. The topological polar surface area (TPSA) is 52.8 Å². The molecule has 168 valence electrons. The van der Waals surface area contributed by atoms with E-state index in [-0.39, 0.29) is 12.5 Å². The fourth-order valence-corrected chi connectivity index (χ4v) is 4.08. The zero-order valence-corrected chi connectivity index (χ0v) is 19.4. The van der Waals surface area contributed by atoms with E-state index in [1.165, 1.54) is 0 Å². The van der Waals surface area contributed by atoms with Crippen molar-refractivity contribution in [3.05, 3.63) is 65.4 Å². The van der Waals surface area contributed by atoms with Gasteiger partial charge < -0.3 is 19.1 Å². The Morgan fingerprint density at radius 3 is 2.41 bits per heavy atom. The highest BCUT2D eigenvalue weighted by molar-refractivity contribution is 6.30. The Hall–Kier alpha value is -2.99. The summed E-state index contributed by atoms with van der Waals surface area (Å²) in [6.45, 7) is 5.34. The molecule has 7 heteroatoms. The number of nitrogens with zero attached hydrogens (tertiary/aromatic N) is 4. The lowest BCUT2D eigenvalue weighted by molar-refractivity contribution is -0.130. The number of aryl methyl sites for hydroxylation is 1. The van der Waals surface area contributed by atoms with Crippen molar-refractivity contribution in [1.29, 1.82) is 0 Å². The van der Waals surface area contributed by atoms with Crippen molar-refractivity contribution in [2.45, 2.75) is 19.8 Å². The smallest absolute Gasteiger partial charge is 0.298 e. The minimum Gasteiger partial charge on any atom is -0.428 e. The number of rotatable bonds is 7. The van der Waals surface area contributed by atoms with E-state index < -0.39 is 0 Å². The number of carbonyl (C=O) groups excluding carboxylic acids is 1. The summed E-state index contributed by atoms with van der Waals surface area (Å²) in [7, 11) is 1.86. The molecule has 2 aromatic carbocycles. The Bertz CT molecular complexity index is 1030. The molecule has 1 aliphatic heterocycles. The number of amides is 1. The third-order valence-corrected chi connectivity index (χ3v) is 5.99. The molecular weight excluding hydrogens is 424 g/mol. The number of piperazine rings is 1. The van der Waals surface area contributed by atoms with Crippen LogP contribution in [0.15, 0.2) is 59.0 Å². The van der Waals surface area contributed by atoms with E-state index in [1.807, 2.05) is 66.5 Å². The number of aromatic nitrogens is 1. The third kappa shape index (κ3) is 5.07. The van der Waals surface area contributed by atoms with Gasteiger partial charge in [-0.3, -0.25) is 4.79 Å². The van der Waals surface area contributed by atoms with E-state index in [1.54, 1.807) is 4.90 Å². The number of hydrogen-bond acceptors (Lipinski definition) is 5. The highest BCUT2D eigenvalue weighted by Crippen LogP contribution is 2.28. The second kappa shape index (κ2) is 10.1. The lowest BCUT2D eigenvalue weighted by Crippen LogP contribution is -2.51. The number of likely N-dealkylation sites (N-methyl/N-ethyl adjacent to an activating group) is 1. The van der Waals surface area contributed by atoms with Crippen LogP contribution in [-0.2, 0) is 11.2 Å². The van der Waals surface area contributed by atoms with Gasteiger partial charge in [0.05, 0.1) is 0 Å². The lowest BCUT2D eigenvalue weighted by Gasteiger charge is -2.36. The molecule has 0 spiro atoms. The quantitative estimate of drug-likeness (QED) is 0.518. The van der Waals surface area contributed by atoms with Crippen LogP contribution in [0, 0.1) is 0 Å². The molecule has 2 heterocycles. The monoisotopic (exact) mass is 452 g/mol. The molecule has 0 N–H and O–H groups in total. The average Bonchev–Trinajstić information content (AvgIpc) is 3.25. The summed E-state index contributed by atoms with van der Waals surface area (Å²) in [5.74, 6) is 0.948. The zero-order chi connectivity index (χ0) is 22.5. The zero-order valence-electron chi connectivity index (χ0n) is 18.6. The van der Waals surface area contributed by atoms with Crippen LogP contribution in [0.3, 0.4) is 0 Å². The Morgan fingerprint density at radius 1 is 1.06 bits per heavy atom. The maximum absolute atomic E-state index is 12.9. The first-order chi connectivity index (χ1) is 15.5. The van der Waals surface area contributed by atoms with Gasteiger partial charge in [-0.1, -0.05) is 48.9 Å². The van der Waals surface area contributed by atoms with Gasteiger partial charge in [0.15, 0.2) is 0 Å². The van der Waals surface area contributed by atoms with Crippen molar-refractivity contribution in [1.82, 2.24) is 9.88 Å². The fraction of sp³-hybridized carbons (Fsp3) is 0.360. The van der Waals surface area contributed by atoms with Crippen molar-refractivity contribution in [2.24, 2.45) is 0 Å². The molecule has 0 bridgehead atoms. The Balaban J connectivity index is 1.38. The van der Waals surface area contributed by atoms with Crippen molar-refractivity contribution in [2.75, 3.05) is 49.6 Å². The molecule has 1 aromatic heterocycles. The molecule has 32 heavy (non-hydrogen) atoms. The molecule has 4 rings (SSSR count). The second-order valence-electron chi connectivity index (χ2n) is 8.08. The van der Waals surface area contributed by atoms with Crippen molar-refractivity contribution in [3.63, 3.8) is 0 Å². The minimum absolute atomic E-state index is 0.0831. The van der Waals surface area contributed by atoms with E-state index in [0.717, 1.165) is 53.7 Å². The maximum atomic E-state index is 12.9. The summed E-state index contributed by atoms with van der Waals surface area (Å²) >= 11 is 5.99. The van der Waals surface area contributed by atoms with Crippen LogP contribution in [0.4, 0.5) is 11.7 Å². The summed E-state index contributed by atoms with van der Waals surface area (Å²) < 4.78 is 6.07. The highest BCUT2D eigenvalue weighted by Gasteiger charge is 2.24. The molecule has 0 saturated carbocycles. The summed E-state index contributed by atoms with van der Waals surface area (Å²) in [5, 5.41) is 0.731. The third-order valence-electron chi connectivity index (χ3n) is 5.73. The molecule has 1 amide bonds. The Morgan fingerprint density at radius 2 is 1.75 bits per heavy atom. The SMILES string of the molecule is CCCc1oc(N(C)CC(=O)N2CCN(c3ccc(Cl)cc3)CC2)nc1-c1ccccc1. The van der Waals surface area contributed by atoms with E-state index in [4.69, 9.17) is 21.0 Å². The van der Waals surface area contributed by atoms with E-state index in [0.29, 0.717) is 19.1 Å². The molecule has 3 aromatic rings. The van der Waals surface area contributed by atoms with Gasteiger partial charge >= 0.3 is 0 Å². The Kier molecular flexibility index (Phi) is 7.00. The molecule has 0 radical (unpaired) electrons. The van der Waals surface area contributed by atoms with Crippen molar-refractivity contribution in [3.8, 4) is 11.3 Å². The minimum atomic E-state index is 0.0831. The Labute approximate surface area is 194 Å². The van der Waals surface area contributed by atoms with E-state index >= 15 is 0 Å². The molecule has 0 aliphatic carbocycles. The highest BCUT2D eigenvalue weighted by atomic mass is 35.5. The van der Waals surface area contributed by atoms with Gasteiger partial charge in [-0.15, -0.1) is 0 Å². The van der Waals surface area contributed by atoms with Gasteiger partial charge in [-0.2, -0.15) is 4.98 Å². The molecule has 0 atom stereocenters.